The molecule has 4 heteroatoms. The van der Waals surface area contributed by atoms with Gasteiger partial charge < -0.3 is 11.5 Å². The summed E-state index contributed by atoms with van der Waals surface area (Å²) in [4.78, 5) is 13.5. The van der Waals surface area contributed by atoms with Crippen LogP contribution < -0.4 is 11.5 Å². The fourth-order valence-electron chi connectivity index (χ4n) is 2.55. The Hall–Kier alpha value is -0.610. The van der Waals surface area contributed by atoms with Crippen LogP contribution in [0.15, 0.2) is 0 Å². The number of rotatable bonds is 5. The van der Waals surface area contributed by atoms with E-state index in [0.717, 1.165) is 38.6 Å². The number of nitrogens with two attached hydrogens (primary N) is 2. The lowest BCUT2D eigenvalue weighted by Gasteiger charge is -2.38. The summed E-state index contributed by atoms with van der Waals surface area (Å²) < 4.78 is 0. The summed E-state index contributed by atoms with van der Waals surface area (Å²) in [6, 6.07) is 0.685. The molecule has 0 heterocycles. The zero-order valence-corrected chi connectivity index (χ0v) is 10.5. The highest BCUT2D eigenvalue weighted by molar-refractivity contribution is 5.79. The molecule has 4 nitrogen and oxygen atoms in total. The molecular formula is C12H25N3O. The van der Waals surface area contributed by atoms with E-state index in [-0.39, 0.29) is 11.9 Å². The summed E-state index contributed by atoms with van der Waals surface area (Å²) in [5.74, 6) is -0.219. The molecule has 1 unspecified atom stereocenters. The lowest BCUT2D eigenvalue weighted by Crippen LogP contribution is -2.50. The quantitative estimate of drug-likeness (QED) is 0.731. The average molecular weight is 227 g/mol. The molecule has 1 amide bonds. The summed E-state index contributed by atoms with van der Waals surface area (Å²) in [5.41, 5.74) is 11.3. The highest BCUT2D eigenvalue weighted by atomic mass is 16.1. The van der Waals surface area contributed by atoms with Gasteiger partial charge in [0, 0.05) is 12.1 Å². The molecule has 0 saturated heterocycles. The zero-order valence-electron chi connectivity index (χ0n) is 10.5. The third kappa shape index (κ3) is 3.46. The van der Waals surface area contributed by atoms with Gasteiger partial charge in [-0.1, -0.05) is 6.92 Å². The van der Waals surface area contributed by atoms with Crippen molar-refractivity contribution < 1.29 is 4.79 Å². The van der Waals surface area contributed by atoms with Crippen molar-refractivity contribution in [3.63, 3.8) is 0 Å². The van der Waals surface area contributed by atoms with Gasteiger partial charge in [0.15, 0.2) is 0 Å². The van der Waals surface area contributed by atoms with Crippen LogP contribution in [0, 0.1) is 0 Å². The van der Waals surface area contributed by atoms with E-state index >= 15 is 0 Å². The fraction of sp³-hybridized carbons (Fsp3) is 0.917. The summed E-state index contributed by atoms with van der Waals surface area (Å²) in [7, 11) is 0. The zero-order chi connectivity index (χ0) is 12.1. The van der Waals surface area contributed by atoms with E-state index in [1.807, 2.05) is 6.92 Å². The van der Waals surface area contributed by atoms with Crippen molar-refractivity contribution in [1.82, 2.24) is 4.90 Å². The van der Waals surface area contributed by atoms with E-state index in [0.29, 0.717) is 12.1 Å². The van der Waals surface area contributed by atoms with Gasteiger partial charge in [0.2, 0.25) is 5.91 Å². The molecule has 0 spiro atoms. The van der Waals surface area contributed by atoms with Crippen LogP contribution in [0.2, 0.25) is 0 Å². The number of primary amides is 1. The van der Waals surface area contributed by atoms with Crippen molar-refractivity contribution in [1.29, 1.82) is 0 Å². The summed E-state index contributed by atoms with van der Waals surface area (Å²) in [6.07, 6.45) is 5.38. The molecule has 0 radical (unpaired) electrons. The summed E-state index contributed by atoms with van der Waals surface area (Å²) >= 11 is 0. The van der Waals surface area contributed by atoms with Crippen molar-refractivity contribution in [2.75, 3.05) is 6.54 Å². The maximum atomic E-state index is 11.3. The van der Waals surface area contributed by atoms with Crippen LogP contribution in [0.5, 0.6) is 0 Å². The van der Waals surface area contributed by atoms with Gasteiger partial charge in [-0.2, -0.15) is 0 Å². The third-order valence-electron chi connectivity index (χ3n) is 3.60. The smallest absolute Gasteiger partial charge is 0.234 e. The number of nitrogens with zero attached hydrogens (tertiary/aromatic N) is 1. The Morgan fingerprint density at radius 3 is 2.38 bits per heavy atom. The molecule has 4 N–H and O–H groups in total. The van der Waals surface area contributed by atoms with Gasteiger partial charge in [0.05, 0.1) is 6.04 Å². The molecule has 0 aromatic heterocycles. The number of carbonyl (C=O) groups is 1. The fourth-order valence-corrected chi connectivity index (χ4v) is 2.55. The Morgan fingerprint density at radius 2 is 1.94 bits per heavy atom. The molecule has 1 rings (SSSR count). The predicted octanol–water partition coefficient (Wildman–Crippen LogP) is 0.842. The molecule has 1 saturated carbocycles. The van der Waals surface area contributed by atoms with Gasteiger partial charge >= 0.3 is 0 Å². The Labute approximate surface area is 98.3 Å². The van der Waals surface area contributed by atoms with Crippen LogP contribution >= 0.6 is 0 Å². The molecule has 0 aliphatic heterocycles. The molecule has 0 aromatic carbocycles. The molecule has 1 fully saturated rings. The summed E-state index contributed by atoms with van der Waals surface area (Å²) in [6.45, 7) is 4.99. The Bertz CT molecular complexity index is 224. The van der Waals surface area contributed by atoms with E-state index in [1.165, 1.54) is 0 Å². The first-order valence-electron chi connectivity index (χ1n) is 6.36. The van der Waals surface area contributed by atoms with E-state index in [1.54, 1.807) is 0 Å². The second-order valence-electron chi connectivity index (χ2n) is 4.88. The topological polar surface area (TPSA) is 72.3 Å². The number of amides is 1. The minimum absolute atomic E-state index is 0.153. The van der Waals surface area contributed by atoms with Crippen LogP contribution in [0.3, 0.4) is 0 Å². The first-order chi connectivity index (χ1) is 7.56. The van der Waals surface area contributed by atoms with Gasteiger partial charge in [-0.05, 0) is 45.6 Å². The average Bonchev–Trinajstić information content (AvgIpc) is 2.26. The molecule has 0 aromatic rings. The van der Waals surface area contributed by atoms with Gasteiger partial charge in [-0.3, -0.25) is 9.69 Å². The van der Waals surface area contributed by atoms with E-state index in [9.17, 15) is 4.79 Å². The predicted molar refractivity (Wildman–Crippen MR) is 65.9 cm³/mol. The minimum atomic E-state index is -0.219. The number of carbonyl (C=O) groups excluding carboxylic acids is 1. The monoisotopic (exact) mass is 227 g/mol. The molecule has 16 heavy (non-hydrogen) atoms. The molecule has 0 bridgehead atoms. The van der Waals surface area contributed by atoms with Crippen LogP contribution in [0.1, 0.15) is 46.0 Å². The van der Waals surface area contributed by atoms with Crippen molar-refractivity contribution in [2.24, 2.45) is 11.5 Å². The third-order valence-corrected chi connectivity index (χ3v) is 3.60. The lowest BCUT2D eigenvalue weighted by molar-refractivity contribution is -0.123. The van der Waals surface area contributed by atoms with E-state index in [4.69, 9.17) is 11.5 Å². The largest absolute Gasteiger partial charge is 0.368 e. The van der Waals surface area contributed by atoms with Gasteiger partial charge in [-0.15, -0.1) is 0 Å². The van der Waals surface area contributed by atoms with Crippen LogP contribution in [0.4, 0.5) is 0 Å². The molecule has 94 valence electrons. The van der Waals surface area contributed by atoms with Crippen LogP contribution in [-0.4, -0.2) is 35.5 Å². The second-order valence-corrected chi connectivity index (χ2v) is 4.88. The van der Waals surface area contributed by atoms with Crippen molar-refractivity contribution in [2.45, 2.75) is 64.1 Å². The highest BCUT2D eigenvalue weighted by Crippen LogP contribution is 2.23. The second kappa shape index (κ2) is 6.21. The molecule has 1 aliphatic rings. The number of hydrogen-bond donors (Lipinski definition) is 2. The SMILES string of the molecule is CCCN(C1CCC(N)CC1)C(C)C(N)=O. The van der Waals surface area contributed by atoms with Crippen LogP contribution in [-0.2, 0) is 4.79 Å². The Kier molecular flexibility index (Phi) is 5.22. The number of hydrogen-bond acceptors (Lipinski definition) is 3. The molecule has 1 aliphatic carbocycles. The van der Waals surface area contributed by atoms with Crippen LogP contribution in [0.25, 0.3) is 0 Å². The summed E-state index contributed by atoms with van der Waals surface area (Å²) in [5, 5.41) is 0. The maximum absolute atomic E-state index is 11.3. The van der Waals surface area contributed by atoms with Gasteiger partial charge in [0.25, 0.3) is 0 Å². The molecular weight excluding hydrogens is 202 g/mol. The first-order valence-corrected chi connectivity index (χ1v) is 6.36. The van der Waals surface area contributed by atoms with Gasteiger partial charge in [0.1, 0.15) is 0 Å². The van der Waals surface area contributed by atoms with Crippen molar-refractivity contribution in [3.05, 3.63) is 0 Å². The maximum Gasteiger partial charge on any atom is 0.234 e. The molecule has 1 atom stereocenters. The standard InChI is InChI=1S/C12H25N3O/c1-3-8-15(9(2)12(14)16)11-6-4-10(13)5-7-11/h9-11H,3-8,13H2,1-2H3,(H2,14,16). The first kappa shape index (κ1) is 13.5. The van der Waals surface area contributed by atoms with Gasteiger partial charge in [-0.25, -0.2) is 0 Å². The normalized spacial score (nSPS) is 28.0. The Balaban J connectivity index is 2.58. The minimum Gasteiger partial charge on any atom is -0.368 e. The van der Waals surface area contributed by atoms with Crippen molar-refractivity contribution >= 4 is 5.91 Å². The van der Waals surface area contributed by atoms with Crippen molar-refractivity contribution in [3.8, 4) is 0 Å². The van der Waals surface area contributed by atoms with E-state index < -0.39 is 0 Å². The van der Waals surface area contributed by atoms with E-state index in [2.05, 4.69) is 11.8 Å². The Morgan fingerprint density at radius 1 is 1.38 bits per heavy atom. The lowest BCUT2D eigenvalue weighted by atomic mass is 9.90. The highest BCUT2D eigenvalue weighted by Gasteiger charge is 2.28.